The number of ketones is 1. The summed E-state index contributed by atoms with van der Waals surface area (Å²) in [6.07, 6.45) is 2.21. The first-order valence-electron chi connectivity index (χ1n) is 4.84. The first kappa shape index (κ1) is 11.5. The molecule has 2 aromatic rings. The summed E-state index contributed by atoms with van der Waals surface area (Å²) >= 11 is 4.90. The highest BCUT2D eigenvalue weighted by molar-refractivity contribution is 9.11. The second kappa shape index (κ2) is 4.51. The van der Waals surface area contributed by atoms with Gasteiger partial charge in [-0.15, -0.1) is 11.3 Å². The molecule has 0 fully saturated rings. The monoisotopic (exact) mass is 298 g/mol. The number of rotatable bonds is 3. The van der Waals surface area contributed by atoms with E-state index in [9.17, 15) is 4.79 Å². The Morgan fingerprint density at radius 1 is 1.62 bits per heavy atom. The molecule has 0 amide bonds. The van der Waals surface area contributed by atoms with Crippen molar-refractivity contribution in [1.29, 1.82) is 0 Å². The smallest absolute Gasteiger partial charge is 0.178 e. The summed E-state index contributed by atoms with van der Waals surface area (Å²) in [4.78, 5) is 12.7. The molecule has 3 nitrogen and oxygen atoms in total. The van der Waals surface area contributed by atoms with Crippen LogP contribution in [0.2, 0.25) is 0 Å². The van der Waals surface area contributed by atoms with Crippen molar-refractivity contribution in [2.24, 2.45) is 7.05 Å². The highest BCUT2D eigenvalue weighted by Crippen LogP contribution is 2.28. The van der Waals surface area contributed by atoms with Gasteiger partial charge < -0.3 is 0 Å². The molecule has 0 aliphatic carbocycles. The van der Waals surface area contributed by atoms with Crippen molar-refractivity contribution in [1.82, 2.24) is 9.78 Å². The number of hydrogen-bond acceptors (Lipinski definition) is 3. The van der Waals surface area contributed by atoms with Crippen LogP contribution in [0.1, 0.15) is 20.9 Å². The fourth-order valence-electron chi connectivity index (χ4n) is 1.41. The second-order valence-electron chi connectivity index (χ2n) is 3.65. The molecule has 2 heterocycles. The highest BCUT2D eigenvalue weighted by Gasteiger charge is 2.13. The molecule has 2 aromatic heterocycles. The molecule has 0 bridgehead atoms. The molecule has 0 aromatic carbocycles. The Bertz CT molecular complexity index is 510. The summed E-state index contributed by atoms with van der Waals surface area (Å²) in [5.41, 5.74) is 1.92. The third-order valence-electron chi connectivity index (χ3n) is 2.24. The topological polar surface area (TPSA) is 34.9 Å². The van der Waals surface area contributed by atoms with Crippen LogP contribution in [0.15, 0.2) is 22.1 Å². The first-order chi connectivity index (χ1) is 7.56. The molecule has 0 atom stereocenters. The van der Waals surface area contributed by atoms with Gasteiger partial charge in [0, 0.05) is 13.2 Å². The Morgan fingerprint density at radius 3 is 2.88 bits per heavy atom. The number of thiophene rings is 1. The number of Topliss-reactive ketones (excluding diaryl/α,β-unsaturated/α-hetero) is 1. The van der Waals surface area contributed by atoms with E-state index in [2.05, 4.69) is 21.0 Å². The Morgan fingerprint density at radius 2 is 2.38 bits per heavy atom. The Labute approximate surface area is 106 Å². The van der Waals surface area contributed by atoms with Crippen LogP contribution in [-0.4, -0.2) is 15.6 Å². The normalized spacial score (nSPS) is 10.7. The lowest BCUT2D eigenvalue weighted by Gasteiger charge is -1.93. The lowest BCUT2D eigenvalue weighted by molar-refractivity contribution is 0.0995. The van der Waals surface area contributed by atoms with Gasteiger partial charge in [0.25, 0.3) is 0 Å². The van der Waals surface area contributed by atoms with Gasteiger partial charge in [-0.05, 0) is 40.5 Å². The molecule has 0 aliphatic heterocycles. The van der Waals surface area contributed by atoms with Crippen molar-refractivity contribution in [3.05, 3.63) is 38.3 Å². The number of nitrogens with zero attached hydrogens (tertiary/aromatic N) is 2. The Kier molecular flexibility index (Phi) is 3.25. The molecular formula is C11H11BrN2OS. The molecular weight excluding hydrogens is 288 g/mol. The van der Waals surface area contributed by atoms with E-state index in [1.807, 2.05) is 32.3 Å². The van der Waals surface area contributed by atoms with E-state index in [0.29, 0.717) is 6.42 Å². The van der Waals surface area contributed by atoms with Crippen LogP contribution in [0.25, 0.3) is 0 Å². The number of aryl methyl sites for hydroxylation is 2. The predicted molar refractivity (Wildman–Crippen MR) is 68.0 cm³/mol. The van der Waals surface area contributed by atoms with Crippen LogP contribution >= 0.6 is 27.3 Å². The van der Waals surface area contributed by atoms with Crippen molar-refractivity contribution in [2.75, 3.05) is 0 Å². The third kappa shape index (κ3) is 2.41. The van der Waals surface area contributed by atoms with Gasteiger partial charge in [0.1, 0.15) is 0 Å². The van der Waals surface area contributed by atoms with Crippen LogP contribution in [0.3, 0.4) is 0 Å². The van der Waals surface area contributed by atoms with Gasteiger partial charge in [0.05, 0.1) is 20.8 Å². The fraction of sp³-hybridized carbons (Fsp3) is 0.273. The molecule has 0 unspecified atom stereocenters. The minimum absolute atomic E-state index is 0.123. The van der Waals surface area contributed by atoms with E-state index < -0.39 is 0 Å². The number of carbonyl (C=O) groups is 1. The van der Waals surface area contributed by atoms with E-state index in [1.54, 1.807) is 4.68 Å². The summed E-state index contributed by atoms with van der Waals surface area (Å²) in [6.45, 7) is 1.98. The van der Waals surface area contributed by atoms with Crippen molar-refractivity contribution >= 4 is 33.0 Å². The summed E-state index contributed by atoms with van der Waals surface area (Å²) in [6, 6.07) is 3.79. The van der Waals surface area contributed by atoms with Gasteiger partial charge in [-0.2, -0.15) is 5.10 Å². The molecule has 84 valence electrons. The maximum absolute atomic E-state index is 11.9. The molecule has 5 heteroatoms. The predicted octanol–water partition coefficient (Wildman–Crippen LogP) is 2.98. The molecule has 0 aliphatic rings. The van der Waals surface area contributed by atoms with Crippen LogP contribution in [0, 0.1) is 6.92 Å². The zero-order valence-electron chi connectivity index (χ0n) is 9.03. The van der Waals surface area contributed by atoms with E-state index in [-0.39, 0.29) is 5.78 Å². The van der Waals surface area contributed by atoms with Crippen LogP contribution in [0.5, 0.6) is 0 Å². The molecule has 0 spiro atoms. The van der Waals surface area contributed by atoms with E-state index in [0.717, 1.165) is 19.9 Å². The molecule has 2 rings (SSSR count). The van der Waals surface area contributed by atoms with Crippen LogP contribution in [0.4, 0.5) is 0 Å². The quantitative estimate of drug-likeness (QED) is 0.817. The average Bonchev–Trinajstić information content (AvgIpc) is 2.75. The number of halogens is 1. The zero-order valence-corrected chi connectivity index (χ0v) is 11.4. The van der Waals surface area contributed by atoms with Crippen molar-refractivity contribution in [2.45, 2.75) is 13.3 Å². The summed E-state index contributed by atoms with van der Waals surface area (Å²) < 4.78 is 2.73. The molecule has 0 saturated heterocycles. The lowest BCUT2D eigenvalue weighted by atomic mass is 10.2. The first-order valence-corrected chi connectivity index (χ1v) is 6.45. The van der Waals surface area contributed by atoms with Crippen LogP contribution in [-0.2, 0) is 13.5 Å². The van der Waals surface area contributed by atoms with Crippen molar-refractivity contribution in [3.8, 4) is 0 Å². The third-order valence-corrected chi connectivity index (χ3v) is 4.42. The SMILES string of the molecule is Cc1cc(C(=O)Cc2ccn(C)n2)sc1Br. The van der Waals surface area contributed by atoms with Crippen molar-refractivity contribution < 1.29 is 4.79 Å². The second-order valence-corrected chi connectivity index (χ2v) is 6.02. The minimum Gasteiger partial charge on any atom is -0.293 e. The standard InChI is InChI=1S/C11H11BrN2OS/c1-7-5-10(16-11(7)12)9(15)6-8-3-4-14(2)13-8/h3-5H,6H2,1-2H3. The summed E-state index contributed by atoms with van der Waals surface area (Å²) in [5, 5.41) is 4.19. The van der Waals surface area contributed by atoms with Crippen molar-refractivity contribution in [3.63, 3.8) is 0 Å². The summed E-state index contributed by atoms with van der Waals surface area (Å²) in [5.74, 6) is 0.123. The number of carbonyl (C=O) groups excluding carboxylic acids is 1. The van der Waals surface area contributed by atoms with E-state index in [1.165, 1.54) is 11.3 Å². The van der Waals surface area contributed by atoms with Gasteiger partial charge in [-0.25, -0.2) is 0 Å². The number of hydrogen-bond donors (Lipinski definition) is 0. The Hall–Kier alpha value is -0.940. The lowest BCUT2D eigenvalue weighted by Crippen LogP contribution is -2.02. The molecule has 0 N–H and O–H groups in total. The highest BCUT2D eigenvalue weighted by atomic mass is 79.9. The van der Waals surface area contributed by atoms with Gasteiger partial charge in [-0.3, -0.25) is 9.48 Å². The molecule has 0 saturated carbocycles. The van der Waals surface area contributed by atoms with Gasteiger partial charge >= 0.3 is 0 Å². The van der Waals surface area contributed by atoms with E-state index >= 15 is 0 Å². The molecule has 0 radical (unpaired) electrons. The largest absolute Gasteiger partial charge is 0.293 e. The average molecular weight is 299 g/mol. The van der Waals surface area contributed by atoms with E-state index in [4.69, 9.17) is 0 Å². The van der Waals surface area contributed by atoms with Gasteiger partial charge in [0.15, 0.2) is 5.78 Å². The maximum atomic E-state index is 11.9. The summed E-state index contributed by atoms with van der Waals surface area (Å²) in [7, 11) is 1.85. The van der Waals surface area contributed by atoms with Crippen LogP contribution < -0.4 is 0 Å². The minimum atomic E-state index is 0.123. The molecule has 16 heavy (non-hydrogen) atoms. The number of aromatic nitrogens is 2. The Balaban J connectivity index is 2.14. The maximum Gasteiger partial charge on any atom is 0.178 e. The van der Waals surface area contributed by atoms with Gasteiger partial charge in [-0.1, -0.05) is 0 Å². The fourth-order valence-corrected chi connectivity index (χ4v) is 2.88. The zero-order chi connectivity index (χ0) is 11.7. The van der Waals surface area contributed by atoms with Gasteiger partial charge in [0.2, 0.25) is 0 Å².